The van der Waals surface area contributed by atoms with Crippen LogP contribution in [0.4, 0.5) is 0 Å². The van der Waals surface area contributed by atoms with E-state index in [0.717, 1.165) is 31.3 Å². The predicted molar refractivity (Wildman–Crippen MR) is 98.7 cm³/mol. The Bertz CT molecular complexity index is 737. The molecule has 4 nitrogen and oxygen atoms in total. The molecular formula is C21H27NO3. The molecule has 0 aromatic rings. The van der Waals surface area contributed by atoms with Crippen molar-refractivity contribution in [3.05, 3.63) is 45.7 Å². The van der Waals surface area contributed by atoms with Gasteiger partial charge in [-0.15, -0.1) is 0 Å². The molecule has 0 amide bonds. The van der Waals surface area contributed by atoms with Crippen LogP contribution >= 0.6 is 0 Å². The van der Waals surface area contributed by atoms with Crippen LogP contribution < -0.4 is 5.73 Å². The van der Waals surface area contributed by atoms with Crippen molar-refractivity contribution < 1.29 is 14.4 Å². The molecule has 2 N–H and O–H groups in total. The number of nitrogens with two attached hydrogens (primary N) is 1. The minimum absolute atomic E-state index is 0.0528. The SMILES string of the molecule is CC(=O)/C(=C\C1=C(N)C(=O)C(C)=C(C=C(C)C)C1=O)C1CCCCC1. The summed E-state index contributed by atoms with van der Waals surface area (Å²) in [5.41, 5.74) is 8.37. The molecule has 0 aromatic heterocycles. The maximum absolute atomic E-state index is 12.9. The van der Waals surface area contributed by atoms with Crippen LogP contribution in [0.1, 0.15) is 59.8 Å². The van der Waals surface area contributed by atoms with E-state index in [0.29, 0.717) is 16.7 Å². The predicted octanol–water partition coefficient (Wildman–Crippen LogP) is 3.73. The maximum atomic E-state index is 12.9. The summed E-state index contributed by atoms with van der Waals surface area (Å²) in [6.07, 6.45) is 8.52. The van der Waals surface area contributed by atoms with Crippen LogP contribution in [0.3, 0.4) is 0 Å². The van der Waals surface area contributed by atoms with Crippen molar-refractivity contribution in [3.8, 4) is 0 Å². The van der Waals surface area contributed by atoms with Crippen molar-refractivity contribution in [2.45, 2.75) is 59.8 Å². The lowest BCUT2D eigenvalue weighted by atomic mass is 9.79. The summed E-state index contributed by atoms with van der Waals surface area (Å²) < 4.78 is 0. The number of carbonyl (C=O) groups excluding carboxylic acids is 3. The van der Waals surface area contributed by atoms with Crippen molar-refractivity contribution in [1.29, 1.82) is 0 Å². The molecule has 0 atom stereocenters. The zero-order valence-corrected chi connectivity index (χ0v) is 15.6. The summed E-state index contributed by atoms with van der Waals surface area (Å²) in [6, 6.07) is 0. The number of carbonyl (C=O) groups is 3. The number of hydrogen-bond donors (Lipinski definition) is 1. The molecule has 2 rings (SSSR count). The molecule has 2 aliphatic carbocycles. The molecule has 0 heterocycles. The van der Waals surface area contributed by atoms with Gasteiger partial charge >= 0.3 is 0 Å². The molecule has 0 bridgehead atoms. The number of Topliss-reactive ketones (excluding diaryl/α,β-unsaturated/α-hetero) is 3. The number of rotatable bonds is 4. The highest BCUT2D eigenvalue weighted by atomic mass is 16.1. The summed E-state index contributed by atoms with van der Waals surface area (Å²) in [5, 5.41) is 0. The van der Waals surface area contributed by atoms with E-state index in [2.05, 4.69) is 0 Å². The Morgan fingerprint density at radius 2 is 1.56 bits per heavy atom. The Labute approximate surface area is 149 Å². The first-order valence-electron chi connectivity index (χ1n) is 8.91. The van der Waals surface area contributed by atoms with Crippen LogP contribution in [0.5, 0.6) is 0 Å². The van der Waals surface area contributed by atoms with Gasteiger partial charge < -0.3 is 5.73 Å². The molecule has 4 heteroatoms. The average Bonchev–Trinajstić information content (AvgIpc) is 2.57. The fourth-order valence-corrected chi connectivity index (χ4v) is 3.57. The third kappa shape index (κ3) is 4.06. The molecule has 25 heavy (non-hydrogen) atoms. The van der Waals surface area contributed by atoms with Gasteiger partial charge in [0.25, 0.3) is 0 Å². The quantitative estimate of drug-likeness (QED) is 0.624. The van der Waals surface area contributed by atoms with E-state index in [9.17, 15) is 14.4 Å². The zero-order chi connectivity index (χ0) is 18.7. The third-order valence-electron chi connectivity index (χ3n) is 4.95. The second kappa shape index (κ2) is 7.77. The Morgan fingerprint density at radius 3 is 2.08 bits per heavy atom. The Kier molecular flexibility index (Phi) is 5.93. The molecular weight excluding hydrogens is 314 g/mol. The highest BCUT2D eigenvalue weighted by Crippen LogP contribution is 2.33. The van der Waals surface area contributed by atoms with Crippen molar-refractivity contribution in [2.75, 3.05) is 0 Å². The van der Waals surface area contributed by atoms with Gasteiger partial charge in [-0.1, -0.05) is 30.9 Å². The lowest BCUT2D eigenvalue weighted by Gasteiger charge is -2.24. The minimum Gasteiger partial charge on any atom is -0.395 e. The van der Waals surface area contributed by atoms with E-state index in [1.54, 1.807) is 19.1 Å². The molecule has 134 valence electrons. The minimum atomic E-state index is -0.329. The number of ketones is 3. The Balaban J connectivity index is 2.51. The Morgan fingerprint density at radius 1 is 0.960 bits per heavy atom. The summed E-state index contributed by atoms with van der Waals surface area (Å²) in [5.74, 6) is -0.508. The smallest absolute Gasteiger partial charge is 0.205 e. The van der Waals surface area contributed by atoms with Crippen LogP contribution in [-0.4, -0.2) is 17.3 Å². The summed E-state index contributed by atoms with van der Waals surface area (Å²) in [7, 11) is 0. The molecule has 0 saturated heterocycles. The third-order valence-corrected chi connectivity index (χ3v) is 4.95. The molecule has 0 radical (unpaired) electrons. The fourth-order valence-electron chi connectivity index (χ4n) is 3.57. The van der Waals surface area contributed by atoms with Crippen LogP contribution in [0.25, 0.3) is 0 Å². The van der Waals surface area contributed by atoms with Gasteiger partial charge in [-0.05, 0) is 58.1 Å². The normalized spacial score (nSPS) is 20.2. The highest BCUT2D eigenvalue weighted by Gasteiger charge is 2.30. The lowest BCUT2D eigenvalue weighted by molar-refractivity contribution is -0.116. The van der Waals surface area contributed by atoms with Gasteiger partial charge in [-0.25, -0.2) is 0 Å². The van der Waals surface area contributed by atoms with Gasteiger partial charge in [0.05, 0.1) is 5.70 Å². The second-order valence-corrected chi connectivity index (χ2v) is 7.24. The zero-order valence-electron chi connectivity index (χ0n) is 15.6. The van der Waals surface area contributed by atoms with Crippen LogP contribution in [0, 0.1) is 5.92 Å². The van der Waals surface area contributed by atoms with Gasteiger partial charge in [0, 0.05) is 16.7 Å². The second-order valence-electron chi connectivity index (χ2n) is 7.24. The molecule has 0 aliphatic heterocycles. The molecule has 1 fully saturated rings. The first kappa shape index (κ1) is 19.1. The van der Waals surface area contributed by atoms with Gasteiger partial charge in [0.2, 0.25) is 5.78 Å². The summed E-state index contributed by atoms with van der Waals surface area (Å²) >= 11 is 0. The fraction of sp³-hybridized carbons (Fsp3) is 0.476. The summed E-state index contributed by atoms with van der Waals surface area (Å²) in [6.45, 7) is 6.89. The number of hydrogen-bond acceptors (Lipinski definition) is 4. The average molecular weight is 341 g/mol. The standard InChI is InChI=1S/C21H27NO3/c1-12(2)10-16-13(3)20(24)19(22)18(21(16)25)11-17(14(4)23)15-8-6-5-7-9-15/h10-11,15H,5-9,22H2,1-4H3/b17-11+. The van der Waals surface area contributed by atoms with Gasteiger partial charge in [-0.3, -0.25) is 14.4 Å². The van der Waals surface area contributed by atoms with E-state index >= 15 is 0 Å². The maximum Gasteiger partial charge on any atom is 0.205 e. The van der Waals surface area contributed by atoms with E-state index in [4.69, 9.17) is 5.73 Å². The molecule has 2 aliphatic rings. The molecule has 1 saturated carbocycles. The van der Waals surface area contributed by atoms with Gasteiger partial charge in [0.15, 0.2) is 11.6 Å². The first-order valence-corrected chi connectivity index (χ1v) is 8.91. The summed E-state index contributed by atoms with van der Waals surface area (Å²) in [4.78, 5) is 37.6. The van der Waals surface area contributed by atoms with Crippen molar-refractivity contribution in [1.82, 2.24) is 0 Å². The van der Waals surface area contributed by atoms with Gasteiger partial charge in [0.1, 0.15) is 0 Å². The highest BCUT2D eigenvalue weighted by molar-refractivity contribution is 6.27. The van der Waals surface area contributed by atoms with Crippen molar-refractivity contribution in [3.63, 3.8) is 0 Å². The molecule has 0 unspecified atom stereocenters. The van der Waals surface area contributed by atoms with E-state index in [1.807, 2.05) is 13.8 Å². The van der Waals surface area contributed by atoms with E-state index in [-0.39, 0.29) is 34.5 Å². The van der Waals surface area contributed by atoms with Crippen molar-refractivity contribution >= 4 is 17.3 Å². The first-order chi connectivity index (χ1) is 11.7. The topological polar surface area (TPSA) is 77.2 Å². The van der Waals surface area contributed by atoms with Crippen LogP contribution in [0.15, 0.2) is 45.7 Å². The van der Waals surface area contributed by atoms with E-state index < -0.39 is 0 Å². The van der Waals surface area contributed by atoms with Crippen molar-refractivity contribution in [2.24, 2.45) is 11.7 Å². The molecule has 0 aromatic carbocycles. The lowest BCUT2D eigenvalue weighted by Crippen LogP contribution is -2.27. The number of allylic oxidation sites excluding steroid dienone is 7. The van der Waals surface area contributed by atoms with Crippen LogP contribution in [0.2, 0.25) is 0 Å². The monoisotopic (exact) mass is 341 g/mol. The van der Waals surface area contributed by atoms with Gasteiger partial charge in [-0.2, -0.15) is 0 Å². The largest absolute Gasteiger partial charge is 0.395 e. The van der Waals surface area contributed by atoms with E-state index in [1.165, 1.54) is 13.3 Å². The Hall–Kier alpha value is -2.23. The van der Waals surface area contributed by atoms with Crippen LogP contribution in [-0.2, 0) is 14.4 Å². The molecule has 0 spiro atoms.